The molecule has 2 aromatic heterocycles. The summed E-state index contributed by atoms with van der Waals surface area (Å²) in [5.41, 5.74) is 8.12. The first-order valence-corrected chi connectivity index (χ1v) is 6.90. The molecule has 0 atom stereocenters. The third-order valence-electron chi connectivity index (χ3n) is 3.22. The highest BCUT2D eigenvalue weighted by Crippen LogP contribution is 2.15. The summed E-state index contributed by atoms with van der Waals surface area (Å²) < 4.78 is 18.8. The maximum Gasteiger partial charge on any atom is 0.243 e. The second-order valence-electron chi connectivity index (χ2n) is 4.89. The van der Waals surface area contributed by atoms with Crippen LogP contribution in [0.1, 0.15) is 23.9 Å². The zero-order valence-corrected chi connectivity index (χ0v) is 12.9. The highest BCUT2D eigenvalue weighted by Gasteiger charge is 2.17. The molecule has 0 aliphatic heterocycles. The van der Waals surface area contributed by atoms with Gasteiger partial charge in [-0.25, -0.2) is 9.02 Å². The van der Waals surface area contributed by atoms with Gasteiger partial charge in [0.25, 0.3) is 0 Å². The highest BCUT2D eigenvalue weighted by molar-refractivity contribution is 5.98. The van der Waals surface area contributed by atoms with Gasteiger partial charge >= 0.3 is 0 Å². The number of benzene rings is 1. The van der Waals surface area contributed by atoms with Crippen LogP contribution in [0.3, 0.4) is 0 Å². The van der Waals surface area contributed by atoms with Crippen molar-refractivity contribution in [1.82, 2.24) is 25.3 Å². The van der Waals surface area contributed by atoms with Crippen LogP contribution in [-0.4, -0.2) is 37.2 Å². The zero-order chi connectivity index (χ0) is 17.1. The molecular formula is C14H13FN8O. The molecule has 1 aromatic carbocycles. The van der Waals surface area contributed by atoms with Crippen LogP contribution in [0.15, 0.2) is 39.1 Å². The van der Waals surface area contributed by atoms with Crippen molar-refractivity contribution in [2.24, 2.45) is 10.2 Å². The zero-order valence-electron chi connectivity index (χ0n) is 12.9. The second kappa shape index (κ2) is 6.36. The molecule has 0 bridgehead atoms. The lowest BCUT2D eigenvalue weighted by atomic mass is 10.2. The van der Waals surface area contributed by atoms with Crippen LogP contribution in [0.4, 0.5) is 10.2 Å². The molecule has 3 aromatic rings. The molecular weight excluding hydrogens is 315 g/mol. The van der Waals surface area contributed by atoms with Crippen molar-refractivity contribution in [3.63, 3.8) is 0 Å². The summed E-state index contributed by atoms with van der Waals surface area (Å²) in [5, 5.41) is 23.2. The van der Waals surface area contributed by atoms with Gasteiger partial charge < -0.3 is 5.73 Å². The number of hydrogen-bond acceptors (Lipinski definition) is 8. The smallest absolute Gasteiger partial charge is 0.243 e. The van der Waals surface area contributed by atoms with Crippen molar-refractivity contribution in [2.45, 2.75) is 13.8 Å². The van der Waals surface area contributed by atoms with Crippen molar-refractivity contribution in [3.05, 3.63) is 47.0 Å². The monoisotopic (exact) mass is 328 g/mol. The summed E-state index contributed by atoms with van der Waals surface area (Å²) in [6.07, 6.45) is 1.52. The molecule has 0 aliphatic rings. The van der Waals surface area contributed by atoms with E-state index in [2.05, 4.69) is 35.5 Å². The van der Waals surface area contributed by atoms with Gasteiger partial charge in [-0.1, -0.05) is 17.3 Å². The van der Waals surface area contributed by atoms with E-state index in [1.807, 2.05) is 0 Å². The number of aromatic nitrogens is 5. The first kappa shape index (κ1) is 15.5. The molecule has 24 heavy (non-hydrogen) atoms. The third kappa shape index (κ3) is 3.02. The quantitative estimate of drug-likeness (QED) is 0.572. The van der Waals surface area contributed by atoms with Gasteiger partial charge in [0.15, 0.2) is 0 Å². The number of nitrogens with zero attached hydrogens (tertiary/aromatic N) is 7. The molecule has 0 amide bonds. The Hall–Kier alpha value is -3.43. The SMILES string of the molecule is C/C(=N\N=C\c1ccc(F)cc1)c1nnn(-c2nonc2N)c1C. The van der Waals surface area contributed by atoms with Crippen LogP contribution >= 0.6 is 0 Å². The van der Waals surface area contributed by atoms with E-state index in [9.17, 15) is 4.39 Å². The van der Waals surface area contributed by atoms with Crippen molar-refractivity contribution in [1.29, 1.82) is 0 Å². The molecule has 2 N–H and O–H groups in total. The molecule has 10 heteroatoms. The lowest BCUT2D eigenvalue weighted by Gasteiger charge is -1.98. The molecule has 0 fully saturated rings. The maximum absolute atomic E-state index is 12.8. The number of nitrogens with two attached hydrogens (primary N) is 1. The van der Waals surface area contributed by atoms with Gasteiger partial charge in [0, 0.05) is 0 Å². The van der Waals surface area contributed by atoms with E-state index in [1.165, 1.54) is 23.0 Å². The number of halogens is 1. The fourth-order valence-corrected chi connectivity index (χ4v) is 1.98. The molecule has 9 nitrogen and oxygen atoms in total. The Bertz CT molecular complexity index is 909. The Labute approximate surface area is 135 Å². The van der Waals surface area contributed by atoms with Crippen LogP contribution in [0, 0.1) is 12.7 Å². The molecule has 122 valence electrons. The molecule has 0 radical (unpaired) electrons. The van der Waals surface area contributed by atoms with E-state index in [0.717, 1.165) is 5.56 Å². The lowest BCUT2D eigenvalue weighted by molar-refractivity contribution is 0.306. The van der Waals surface area contributed by atoms with Crippen LogP contribution in [0.2, 0.25) is 0 Å². The Morgan fingerprint density at radius 1 is 1.29 bits per heavy atom. The van der Waals surface area contributed by atoms with Gasteiger partial charge in [-0.05, 0) is 41.9 Å². The van der Waals surface area contributed by atoms with Gasteiger partial charge in [0.2, 0.25) is 11.6 Å². The van der Waals surface area contributed by atoms with Gasteiger partial charge in [-0.3, -0.25) is 0 Å². The van der Waals surface area contributed by atoms with E-state index in [0.29, 0.717) is 17.1 Å². The average molecular weight is 328 g/mol. The number of hydrogen-bond donors (Lipinski definition) is 1. The highest BCUT2D eigenvalue weighted by atomic mass is 19.1. The van der Waals surface area contributed by atoms with Crippen molar-refractivity contribution in [3.8, 4) is 5.82 Å². The summed E-state index contributed by atoms with van der Waals surface area (Å²) in [7, 11) is 0. The Balaban J connectivity index is 1.82. The van der Waals surface area contributed by atoms with E-state index < -0.39 is 0 Å². The second-order valence-corrected chi connectivity index (χ2v) is 4.89. The molecule has 3 rings (SSSR count). The van der Waals surface area contributed by atoms with Crippen molar-refractivity contribution >= 4 is 17.7 Å². The Morgan fingerprint density at radius 3 is 2.71 bits per heavy atom. The standard InChI is InChI=1S/C14H13FN8O/c1-8(18-17-7-10-3-5-11(15)6-4-10)12-9(2)23(22-19-12)14-13(16)20-24-21-14/h3-7H,1-2H3,(H2,16,20)/b17-7+,18-8+. The van der Waals surface area contributed by atoms with E-state index >= 15 is 0 Å². The first-order chi connectivity index (χ1) is 11.6. The summed E-state index contributed by atoms with van der Waals surface area (Å²) in [6, 6.07) is 5.91. The van der Waals surface area contributed by atoms with Gasteiger partial charge in [0.1, 0.15) is 11.5 Å². The van der Waals surface area contributed by atoms with Crippen molar-refractivity contribution in [2.75, 3.05) is 5.73 Å². The topological polar surface area (TPSA) is 120 Å². The minimum absolute atomic E-state index is 0.110. The number of rotatable bonds is 4. The molecule has 0 saturated heterocycles. The molecule has 0 spiro atoms. The molecule has 0 saturated carbocycles. The van der Waals surface area contributed by atoms with Crippen LogP contribution < -0.4 is 5.73 Å². The van der Waals surface area contributed by atoms with Gasteiger partial charge in [-0.15, -0.1) is 5.10 Å². The summed E-state index contributed by atoms with van der Waals surface area (Å²) in [4.78, 5) is 0. The lowest BCUT2D eigenvalue weighted by Crippen LogP contribution is -2.04. The fraction of sp³-hybridized carbons (Fsp3) is 0.143. The van der Waals surface area contributed by atoms with Crippen LogP contribution in [0.25, 0.3) is 5.82 Å². The minimum atomic E-state index is -0.305. The van der Waals surface area contributed by atoms with E-state index in [1.54, 1.807) is 26.0 Å². The largest absolute Gasteiger partial charge is 0.378 e. The van der Waals surface area contributed by atoms with Crippen LogP contribution in [0.5, 0.6) is 0 Å². The summed E-state index contributed by atoms with van der Waals surface area (Å²) in [5.74, 6) is 0.0630. The molecule has 0 aliphatic carbocycles. The number of nitrogen functional groups attached to an aromatic ring is 1. The third-order valence-corrected chi connectivity index (χ3v) is 3.22. The van der Waals surface area contributed by atoms with Crippen molar-refractivity contribution < 1.29 is 9.02 Å². The summed E-state index contributed by atoms with van der Waals surface area (Å²) in [6.45, 7) is 3.53. The first-order valence-electron chi connectivity index (χ1n) is 6.90. The Morgan fingerprint density at radius 2 is 2.04 bits per heavy atom. The number of anilines is 1. The summed E-state index contributed by atoms with van der Waals surface area (Å²) >= 11 is 0. The maximum atomic E-state index is 12.8. The van der Waals surface area contributed by atoms with Crippen LogP contribution in [-0.2, 0) is 0 Å². The van der Waals surface area contributed by atoms with E-state index in [-0.39, 0.29) is 17.5 Å². The van der Waals surface area contributed by atoms with Gasteiger partial charge in [-0.2, -0.15) is 14.9 Å². The molecule has 2 heterocycles. The van der Waals surface area contributed by atoms with Gasteiger partial charge in [0.05, 0.1) is 17.6 Å². The fourth-order valence-electron chi connectivity index (χ4n) is 1.98. The van der Waals surface area contributed by atoms with E-state index in [4.69, 9.17) is 5.73 Å². The predicted molar refractivity (Wildman–Crippen MR) is 84.6 cm³/mol. The predicted octanol–water partition coefficient (Wildman–Crippen LogP) is 1.52. The Kier molecular flexibility index (Phi) is 4.10. The average Bonchev–Trinajstić information content (AvgIpc) is 3.14. The normalized spacial score (nSPS) is 12.2. The minimum Gasteiger partial charge on any atom is -0.378 e. The molecule has 0 unspecified atom stereocenters.